The summed E-state index contributed by atoms with van der Waals surface area (Å²) in [6.45, 7) is 1.78. The lowest BCUT2D eigenvalue weighted by Gasteiger charge is -2.35. The SMILES string of the molecule is O=C(N[C@H]([NH+]1CCCCC1)C(Cl)(Cl)Cl)c1ccc(Cl)cc1. The molecular formula is C14H17Cl4N2O+. The Balaban J connectivity index is 2.10. The Hall–Kier alpha value is -0.190. The summed E-state index contributed by atoms with van der Waals surface area (Å²) < 4.78 is -1.55. The number of nitrogens with one attached hydrogen (secondary N) is 2. The highest BCUT2D eigenvalue weighted by Crippen LogP contribution is 2.28. The fourth-order valence-corrected chi connectivity index (χ4v) is 3.28. The number of likely N-dealkylation sites (tertiary alicyclic amines) is 1. The zero-order valence-corrected chi connectivity index (χ0v) is 14.4. The van der Waals surface area contributed by atoms with E-state index in [0.29, 0.717) is 10.6 Å². The van der Waals surface area contributed by atoms with Gasteiger partial charge in [-0.25, -0.2) is 0 Å². The van der Waals surface area contributed by atoms with Gasteiger partial charge in [0.15, 0.2) is 0 Å². The highest BCUT2D eigenvalue weighted by Gasteiger charge is 2.42. The van der Waals surface area contributed by atoms with Crippen LogP contribution in [0.3, 0.4) is 0 Å². The molecule has 0 radical (unpaired) electrons. The first kappa shape index (κ1) is 17.2. The molecule has 0 saturated carbocycles. The summed E-state index contributed by atoms with van der Waals surface area (Å²) in [4.78, 5) is 13.4. The molecule has 2 N–H and O–H groups in total. The standard InChI is InChI=1S/C14H16Cl4N2O/c15-11-6-4-10(5-7-11)12(21)19-13(14(16,17)18)20-8-2-1-3-9-20/h4-7,13H,1-3,8-9H2,(H,19,21)/p+1/t13-/m1/s1. The van der Waals surface area contributed by atoms with E-state index in [0.717, 1.165) is 30.8 Å². The van der Waals surface area contributed by atoms with Gasteiger partial charge in [0.2, 0.25) is 6.17 Å². The van der Waals surface area contributed by atoms with Crippen molar-refractivity contribution in [2.45, 2.75) is 29.2 Å². The molecule has 7 heteroatoms. The molecule has 1 saturated heterocycles. The number of piperidine rings is 1. The van der Waals surface area contributed by atoms with Gasteiger partial charge in [-0.05, 0) is 43.5 Å². The van der Waals surface area contributed by atoms with E-state index < -0.39 is 9.96 Å². The first-order valence-electron chi connectivity index (χ1n) is 6.85. The third kappa shape index (κ3) is 4.90. The minimum absolute atomic E-state index is 0.263. The third-order valence-corrected chi connectivity index (χ3v) is 4.52. The molecule has 1 atom stereocenters. The Morgan fingerprint density at radius 2 is 1.67 bits per heavy atom. The molecule has 0 spiro atoms. The second-order valence-corrected chi connectivity index (χ2v) is 7.98. The van der Waals surface area contributed by atoms with Crippen molar-refractivity contribution in [1.82, 2.24) is 5.32 Å². The maximum Gasteiger partial charge on any atom is 0.262 e. The van der Waals surface area contributed by atoms with E-state index in [2.05, 4.69) is 5.32 Å². The first-order valence-corrected chi connectivity index (χ1v) is 8.37. The van der Waals surface area contributed by atoms with Crippen LogP contribution in [0.1, 0.15) is 29.6 Å². The predicted octanol–water partition coefficient (Wildman–Crippen LogP) is 2.83. The van der Waals surface area contributed by atoms with Gasteiger partial charge in [0.05, 0.1) is 13.1 Å². The van der Waals surface area contributed by atoms with Crippen LogP contribution in [0.25, 0.3) is 0 Å². The molecule has 3 nitrogen and oxygen atoms in total. The molecule has 0 unspecified atom stereocenters. The summed E-state index contributed by atoms with van der Waals surface area (Å²) in [5, 5.41) is 3.42. The lowest BCUT2D eigenvalue weighted by atomic mass is 10.1. The minimum atomic E-state index is -1.55. The number of carbonyl (C=O) groups excluding carboxylic acids is 1. The summed E-state index contributed by atoms with van der Waals surface area (Å²) in [7, 11) is 0. The topological polar surface area (TPSA) is 33.5 Å². The van der Waals surface area contributed by atoms with Gasteiger partial charge in [-0.15, -0.1) is 0 Å². The van der Waals surface area contributed by atoms with Crippen LogP contribution in [-0.2, 0) is 0 Å². The zero-order valence-electron chi connectivity index (χ0n) is 11.3. The van der Waals surface area contributed by atoms with Crippen LogP contribution in [0.15, 0.2) is 24.3 Å². The van der Waals surface area contributed by atoms with Crippen molar-refractivity contribution in [3.63, 3.8) is 0 Å². The van der Waals surface area contributed by atoms with Gasteiger partial charge in [-0.3, -0.25) is 10.1 Å². The Labute approximate surface area is 144 Å². The van der Waals surface area contributed by atoms with E-state index >= 15 is 0 Å². The van der Waals surface area contributed by atoms with E-state index in [-0.39, 0.29) is 5.91 Å². The molecule has 2 rings (SSSR count). The largest absolute Gasteiger partial charge is 0.312 e. The second kappa shape index (κ2) is 7.38. The van der Waals surface area contributed by atoms with Crippen LogP contribution in [0.2, 0.25) is 5.02 Å². The number of benzene rings is 1. The van der Waals surface area contributed by atoms with Gasteiger partial charge in [-0.1, -0.05) is 46.4 Å². The van der Waals surface area contributed by atoms with Gasteiger partial charge in [0.1, 0.15) is 0 Å². The van der Waals surface area contributed by atoms with Gasteiger partial charge in [-0.2, -0.15) is 0 Å². The van der Waals surface area contributed by atoms with Crippen molar-refractivity contribution in [1.29, 1.82) is 0 Å². The first-order chi connectivity index (χ1) is 9.88. The van der Waals surface area contributed by atoms with Crippen molar-refractivity contribution in [2.24, 2.45) is 0 Å². The molecule has 1 fully saturated rings. The van der Waals surface area contributed by atoms with Crippen LogP contribution >= 0.6 is 46.4 Å². The third-order valence-electron chi connectivity index (χ3n) is 3.61. The van der Waals surface area contributed by atoms with Crippen LogP contribution < -0.4 is 10.2 Å². The molecule has 21 heavy (non-hydrogen) atoms. The molecule has 116 valence electrons. The fraction of sp³-hybridized carbons (Fsp3) is 0.500. The summed E-state index contributed by atoms with van der Waals surface area (Å²) >= 11 is 24.0. The lowest BCUT2D eigenvalue weighted by molar-refractivity contribution is -0.931. The van der Waals surface area contributed by atoms with Gasteiger partial charge >= 0.3 is 0 Å². The quantitative estimate of drug-likeness (QED) is 0.788. The van der Waals surface area contributed by atoms with E-state index in [9.17, 15) is 4.79 Å². The highest BCUT2D eigenvalue weighted by atomic mass is 35.6. The molecule has 1 aromatic carbocycles. The lowest BCUT2D eigenvalue weighted by Crippen LogP contribution is -3.20. The van der Waals surface area contributed by atoms with Crippen molar-refractivity contribution < 1.29 is 9.69 Å². The average molecular weight is 371 g/mol. The maximum absolute atomic E-state index is 12.3. The van der Waals surface area contributed by atoms with Crippen molar-refractivity contribution >= 4 is 52.3 Å². The zero-order chi connectivity index (χ0) is 15.5. The van der Waals surface area contributed by atoms with Crippen molar-refractivity contribution in [2.75, 3.05) is 13.1 Å². The summed E-state index contributed by atoms with van der Waals surface area (Å²) in [5.74, 6) is -0.263. The molecular weight excluding hydrogens is 354 g/mol. The number of quaternary nitrogens is 1. The number of hydrogen-bond donors (Lipinski definition) is 2. The maximum atomic E-state index is 12.3. The summed E-state index contributed by atoms with van der Waals surface area (Å²) in [6.07, 6.45) is 2.76. The van der Waals surface area contributed by atoms with Crippen LogP contribution in [0, 0.1) is 0 Å². The summed E-state index contributed by atoms with van der Waals surface area (Å²) in [5.41, 5.74) is 0.495. The molecule has 0 aliphatic carbocycles. The number of hydrogen-bond acceptors (Lipinski definition) is 1. The number of amides is 1. The van der Waals surface area contributed by atoms with Crippen molar-refractivity contribution in [3.8, 4) is 0 Å². The van der Waals surface area contributed by atoms with Gasteiger partial charge in [0, 0.05) is 10.6 Å². The fourth-order valence-electron chi connectivity index (χ4n) is 2.53. The Kier molecular flexibility index (Phi) is 6.04. The predicted molar refractivity (Wildman–Crippen MR) is 87.5 cm³/mol. The Morgan fingerprint density at radius 1 is 1.10 bits per heavy atom. The number of halogens is 4. The van der Waals surface area contributed by atoms with Crippen LogP contribution in [-0.4, -0.2) is 29.0 Å². The van der Waals surface area contributed by atoms with Crippen molar-refractivity contribution in [3.05, 3.63) is 34.9 Å². The van der Waals surface area contributed by atoms with E-state index in [1.807, 2.05) is 0 Å². The number of alkyl halides is 3. The molecule has 0 bridgehead atoms. The molecule has 1 aromatic rings. The van der Waals surface area contributed by atoms with E-state index in [4.69, 9.17) is 46.4 Å². The van der Waals surface area contributed by atoms with Crippen LogP contribution in [0.4, 0.5) is 0 Å². The van der Waals surface area contributed by atoms with Gasteiger partial charge in [0.25, 0.3) is 9.70 Å². The van der Waals surface area contributed by atoms with Crippen LogP contribution in [0.5, 0.6) is 0 Å². The number of rotatable bonds is 3. The minimum Gasteiger partial charge on any atom is -0.312 e. The molecule has 1 amide bonds. The molecule has 1 heterocycles. The highest BCUT2D eigenvalue weighted by molar-refractivity contribution is 6.68. The second-order valence-electron chi connectivity index (χ2n) is 5.17. The average Bonchev–Trinajstić information content (AvgIpc) is 2.45. The smallest absolute Gasteiger partial charge is 0.262 e. The Bertz CT molecular complexity index is 481. The van der Waals surface area contributed by atoms with E-state index in [1.165, 1.54) is 6.42 Å². The molecule has 1 aliphatic heterocycles. The van der Waals surface area contributed by atoms with E-state index in [1.54, 1.807) is 24.3 Å². The monoisotopic (exact) mass is 369 g/mol. The Morgan fingerprint density at radius 3 is 2.19 bits per heavy atom. The normalized spacial score (nSPS) is 18.3. The van der Waals surface area contributed by atoms with Gasteiger partial charge < -0.3 is 4.90 Å². The number of carbonyl (C=O) groups is 1. The molecule has 1 aliphatic rings. The molecule has 0 aromatic heterocycles. The summed E-state index contributed by atoms with van der Waals surface area (Å²) in [6, 6.07) is 6.63.